The average Bonchev–Trinajstić information content (AvgIpc) is 3.10. The molecule has 3 aromatic rings. The Morgan fingerprint density at radius 1 is 1.38 bits per heavy atom. The first-order valence-electron chi connectivity index (χ1n) is 8.97. The number of halogens is 1. The molecule has 134 valence electrons. The Kier molecular flexibility index (Phi) is 4.91. The number of rotatable bonds is 5. The lowest BCUT2D eigenvalue weighted by Gasteiger charge is -2.23. The molecule has 1 aliphatic rings. The van der Waals surface area contributed by atoms with Gasteiger partial charge in [0.1, 0.15) is 5.82 Å². The molecule has 4 rings (SSSR count). The van der Waals surface area contributed by atoms with Gasteiger partial charge in [-0.25, -0.2) is 4.98 Å². The molecular weight excluding hydrogens is 346 g/mol. The third kappa shape index (κ3) is 3.32. The third-order valence-corrected chi connectivity index (χ3v) is 5.17. The topological polar surface area (TPSA) is 54.2 Å². The minimum atomic E-state index is 0.616. The summed E-state index contributed by atoms with van der Waals surface area (Å²) in [7, 11) is 0. The first-order valence-corrected chi connectivity index (χ1v) is 9.35. The summed E-state index contributed by atoms with van der Waals surface area (Å²) in [6.45, 7) is 6.95. The van der Waals surface area contributed by atoms with Crippen LogP contribution >= 0.6 is 11.6 Å². The fourth-order valence-corrected chi connectivity index (χ4v) is 3.64. The fraction of sp³-hybridized carbons (Fsp3) is 0.300. The van der Waals surface area contributed by atoms with Crippen LogP contribution in [-0.2, 0) is 0 Å². The van der Waals surface area contributed by atoms with Crippen molar-refractivity contribution in [3.8, 4) is 11.3 Å². The van der Waals surface area contributed by atoms with E-state index in [1.54, 1.807) is 12.3 Å². The second kappa shape index (κ2) is 7.48. The van der Waals surface area contributed by atoms with Crippen LogP contribution in [0.2, 0.25) is 5.02 Å². The summed E-state index contributed by atoms with van der Waals surface area (Å²) in [5.74, 6) is 1.54. The lowest BCUT2D eigenvalue weighted by Crippen LogP contribution is -2.33. The molecule has 1 aliphatic heterocycles. The zero-order valence-corrected chi connectivity index (χ0v) is 15.3. The number of piperidine rings is 1. The maximum absolute atomic E-state index is 6.40. The van der Waals surface area contributed by atoms with E-state index in [4.69, 9.17) is 16.6 Å². The van der Waals surface area contributed by atoms with Crippen molar-refractivity contribution in [3.63, 3.8) is 0 Å². The van der Waals surface area contributed by atoms with Crippen molar-refractivity contribution in [2.45, 2.75) is 12.8 Å². The van der Waals surface area contributed by atoms with Crippen LogP contribution in [0.25, 0.3) is 23.0 Å². The molecule has 2 N–H and O–H groups in total. The highest BCUT2D eigenvalue weighted by atomic mass is 35.5. The molecular formula is C20H22ClN5. The zero-order chi connectivity index (χ0) is 17.9. The second-order valence-electron chi connectivity index (χ2n) is 6.64. The molecule has 26 heavy (non-hydrogen) atoms. The van der Waals surface area contributed by atoms with Crippen molar-refractivity contribution in [3.05, 3.63) is 53.7 Å². The van der Waals surface area contributed by atoms with Crippen LogP contribution in [-0.4, -0.2) is 34.2 Å². The number of nitrogens with one attached hydrogen (secondary N) is 2. The summed E-state index contributed by atoms with van der Waals surface area (Å²) >= 11 is 6.40. The molecule has 0 spiro atoms. The predicted octanol–water partition coefficient (Wildman–Crippen LogP) is 4.10. The molecule has 1 saturated heterocycles. The van der Waals surface area contributed by atoms with Gasteiger partial charge in [-0.15, -0.1) is 0 Å². The Labute approximate surface area is 158 Å². The molecule has 0 aliphatic carbocycles. The zero-order valence-electron chi connectivity index (χ0n) is 14.6. The first-order chi connectivity index (χ1) is 12.8. The quantitative estimate of drug-likeness (QED) is 0.712. The summed E-state index contributed by atoms with van der Waals surface area (Å²) in [4.78, 5) is 4.78. The lowest BCUT2D eigenvalue weighted by atomic mass is 10.00. The van der Waals surface area contributed by atoms with Crippen LogP contribution in [0.4, 0.5) is 5.82 Å². The average molecular weight is 368 g/mol. The summed E-state index contributed by atoms with van der Waals surface area (Å²) in [6.07, 6.45) is 6.04. The molecule has 0 amide bonds. The van der Waals surface area contributed by atoms with Gasteiger partial charge in [0.2, 0.25) is 0 Å². The van der Waals surface area contributed by atoms with Gasteiger partial charge in [-0.1, -0.05) is 42.5 Å². The van der Waals surface area contributed by atoms with Gasteiger partial charge in [-0.3, -0.25) is 0 Å². The van der Waals surface area contributed by atoms with Crippen molar-refractivity contribution < 1.29 is 0 Å². The van der Waals surface area contributed by atoms with Gasteiger partial charge in [0.05, 0.1) is 11.9 Å². The Morgan fingerprint density at radius 2 is 2.27 bits per heavy atom. The number of nitrogens with zero attached hydrogens (tertiary/aromatic N) is 3. The number of hydrogen-bond acceptors (Lipinski definition) is 4. The van der Waals surface area contributed by atoms with E-state index < -0.39 is 0 Å². The molecule has 5 nitrogen and oxygen atoms in total. The molecule has 0 radical (unpaired) electrons. The van der Waals surface area contributed by atoms with Gasteiger partial charge >= 0.3 is 0 Å². The maximum Gasteiger partial charge on any atom is 0.165 e. The van der Waals surface area contributed by atoms with Gasteiger partial charge in [0, 0.05) is 28.8 Å². The van der Waals surface area contributed by atoms with Crippen LogP contribution in [0.15, 0.2) is 43.1 Å². The number of fused-ring (bicyclic) bond motifs is 1. The highest BCUT2D eigenvalue weighted by Crippen LogP contribution is 2.29. The minimum Gasteiger partial charge on any atom is -0.370 e. The van der Waals surface area contributed by atoms with Crippen LogP contribution in [0.1, 0.15) is 18.4 Å². The highest BCUT2D eigenvalue weighted by molar-refractivity contribution is 6.33. The van der Waals surface area contributed by atoms with E-state index in [-0.39, 0.29) is 0 Å². The standard InChI is InChI=1S/C20H22ClN5/c1-2-15-13-24-26-19(23-12-14-6-5-9-22-11-14)10-18(25-20(15)26)16-7-3-4-8-17(16)21/h2-4,7-8,10,13-14,22-23H,1,5-6,9,11-12H2. The van der Waals surface area contributed by atoms with Gasteiger partial charge in [0.25, 0.3) is 0 Å². The molecule has 1 unspecified atom stereocenters. The predicted molar refractivity (Wildman–Crippen MR) is 108 cm³/mol. The molecule has 0 saturated carbocycles. The Balaban J connectivity index is 1.73. The van der Waals surface area contributed by atoms with E-state index in [1.165, 1.54) is 12.8 Å². The summed E-state index contributed by atoms with van der Waals surface area (Å²) in [5.41, 5.74) is 3.43. The summed E-state index contributed by atoms with van der Waals surface area (Å²) < 4.78 is 1.84. The van der Waals surface area contributed by atoms with Crippen molar-refractivity contribution in [1.82, 2.24) is 19.9 Å². The normalized spacial score (nSPS) is 17.3. The Hall–Kier alpha value is -2.37. The number of benzene rings is 1. The van der Waals surface area contributed by atoms with Gasteiger partial charge in [-0.05, 0) is 37.9 Å². The van der Waals surface area contributed by atoms with Crippen molar-refractivity contribution in [2.24, 2.45) is 5.92 Å². The minimum absolute atomic E-state index is 0.616. The molecule has 1 aromatic carbocycles. The Morgan fingerprint density at radius 3 is 3.04 bits per heavy atom. The molecule has 2 aromatic heterocycles. The van der Waals surface area contributed by atoms with Gasteiger partial charge in [-0.2, -0.15) is 9.61 Å². The van der Waals surface area contributed by atoms with Crippen molar-refractivity contribution in [1.29, 1.82) is 0 Å². The van der Waals surface area contributed by atoms with Crippen LogP contribution < -0.4 is 10.6 Å². The van der Waals surface area contributed by atoms with E-state index in [0.29, 0.717) is 10.9 Å². The van der Waals surface area contributed by atoms with E-state index in [9.17, 15) is 0 Å². The third-order valence-electron chi connectivity index (χ3n) is 4.84. The molecule has 3 heterocycles. The molecule has 1 fully saturated rings. The van der Waals surface area contributed by atoms with Gasteiger partial charge < -0.3 is 10.6 Å². The molecule has 1 atom stereocenters. The second-order valence-corrected chi connectivity index (χ2v) is 7.05. The van der Waals surface area contributed by atoms with Crippen LogP contribution in [0.5, 0.6) is 0 Å². The van der Waals surface area contributed by atoms with E-state index in [0.717, 1.165) is 47.9 Å². The van der Waals surface area contributed by atoms with Crippen LogP contribution in [0, 0.1) is 5.92 Å². The van der Waals surface area contributed by atoms with Gasteiger partial charge in [0.15, 0.2) is 5.65 Å². The monoisotopic (exact) mass is 367 g/mol. The van der Waals surface area contributed by atoms with Crippen molar-refractivity contribution in [2.75, 3.05) is 25.0 Å². The lowest BCUT2D eigenvalue weighted by molar-refractivity contribution is 0.392. The summed E-state index contributed by atoms with van der Waals surface area (Å²) in [6, 6.07) is 9.78. The van der Waals surface area contributed by atoms with Crippen molar-refractivity contribution >= 4 is 29.1 Å². The number of anilines is 1. The van der Waals surface area contributed by atoms with E-state index in [2.05, 4.69) is 22.3 Å². The smallest absolute Gasteiger partial charge is 0.165 e. The first kappa shape index (κ1) is 17.1. The molecule has 6 heteroatoms. The van der Waals surface area contributed by atoms with E-state index >= 15 is 0 Å². The SMILES string of the molecule is C=Cc1cnn2c(NCC3CCCNC3)cc(-c3ccccc3Cl)nc12. The number of aromatic nitrogens is 3. The highest BCUT2D eigenvalue weighted by Gasteiger charge is 2.16. The van der Waals surface area contributed by atoms with Crippen LogP contribution in [0.3, 0.4) is 0 Å². The van der Waals surface area contributed by atoms with E-state index in [1.807, 2.05) is 34.8 Å². The fourth-order valence-electron chi connectivity index (χ4n) is 3.40. The largest absolute Gasteiger partial charge is 0.370 e. The maximum atomic E-state index is 6.40. The number of hydrogen-bond donors (Lipinski definition) is 2. The molecule has 0 bridgehead atoms. The Bertz CT molecular complexity index is 927. The summed E-state index contributed by atoms with van der Waals surface area (Å²) in [5, 5.41) is 12.2.